The minimum atomic E-state index is 0.135. The molecule has 5 rings (SSSR count). The van der Waals surface area contributed by atoms with Crippen molar-refractivity contribution in [1.82, 2.24) is 31.1 Å². The van der Waals surface area contributed by atoms with Gasteiger partial charge in [-0.15, -0.1) is 11.5 Å². The van der Waals surface area contributed by atoms with E-state index < -0.39 is 0 Å². The highest BCUT2D eigenvalue weighted by atomic mass is 15.3. The molecule has 8 nitrogen and oxygen atoms in total. The first-order valence-electron chi connectivity index (χ1n) is 18.6. The number of nitrogens with zero attached hydrogens (tertiary/aromatic N) is 4. The van der Waals surface area contributed by atoms with Crippen molar-refractivity contribution in [2.45, 2.75) is 71.1 Å². The summed E-state index contributed by atoms with van der Waals surface area (Å²) in [5.41, 5.74) is 15.0. The van der Waals surface area contributed by atoms with Crippen molar-refractivity contribution in [3.63, 3.8) is 0 Å². The summed E-state index contributed by atoms with van der Waals surface area (Å²) in [5, 5.41) is 14.0. The number of piperidine rings is 1. The minimum absolute atomic E-state index is 0.135. The standard InChI is InChI=1S/C42H60N8/c1-29(2)22-39(49(8)31(4)26-44-6)41-46-19-11-14-34-24-36(23-30(3)38(34)28-48-41)33-13-10-9-12-32(15-16-33)27-47-42(45-7)40-35-17-18-37(25-35)50(40)21-20-43-5/h9-11,14-16,23-24,29,35,37,39-40,43-44H,4,17-22,25-28H2,1-3,5-8H3,(H,45,47)(H,46,48)/b14-11-,16-15?/t12?,13?,35?,37?,39-,40?/m0/s1. The largest absolute Gasteiger partial charge is 0.369 e. The Morgan fingerprint density at radius 2 is 1.96 bits per heavy atom. The number of likely N-dealkylation sites (N-methyl/N-ethyl adjacent to an activating group) is 3. The molecule has 4 aliphatic rings. The molecule has 1 saturated heterocycles. The highest BCUT2D eigenvalue weighted by molar-refractivity contribution is 5.89. The second-order valence-electron chi connectivity index (χ2n) is 14.6. The van der Waals surface area contributed by atoms with E-state index in [2.05, 4.69) is 113 Å². The molecule has 268 valence electrons. The Morgan fingerprint density at radius 1 is 1.14 bits per heavy atom. The van der Waals surface area contributed by atoms with Gasteiger partial charge in [-0.25, -0.2) is 0 Å². The summed E-state index contributed by atoms with van der Waals surface area (Å²) in [5.74, 6) is 3.34. The van der Waals surface area contributed by atoms with Crippen LogP contribution in [0.2, 0.25) is 0 Å². The molecule has 4 N–H and O–H groups in total. The van der Waals surface area contributed by atoms with Crippen LogP contribution in [0.4, 0.5) is 0 Å². The average molecular weight is 677 g/mol. The molecule has 1 saturated carbocycles. The van der Waals surface area contributed by atoms with Crippen LogP contribution < -0.4 is 21.3 Å². The van der Waals surface area contributed by atoms with E-state index in [0.717, 1.165) is 66.7 Å². The van der Waals surface area contributed by atoms with Gasteiger partial charge in [-0.2, -0.15) is 0 Å². The predicted octanol–water partition coefficient (Wildman–Crippen LogP) is 5.47. The number of fused-ring (bicyclic) bond motifs is 3. The number of likely N-dealkylation sites (tertiary alicyclic amines) is 1. The highest BCUT2D eigenvalue weighted by Crippen LogP contribution is 2.42. The zero-order valence-corrected chi connectivity index (χ0v) is 31.6. The van der Waals surface area contributed by atoms with Gasteiger partial charge in [-0.1, -0.05) is 38.6 Å². The molecule has 1 aromatic carbocycles. The average Bonchev–Trinajstić information content (AvgIpc) is 3.72. The van der Waals surface area contributed by atoms with E-state index in [-0.39, 0.29) is 6.04 Å². The maximum Gasteiger partial charge on any atom is 0.120 e. The summed E-state index contributed by atoms with van der Waals surface area (Å²) < 4.78 is 0. The summed E-state index contributed by atoms with van der Waals surface area (Å²) in [6.07, 6.45) is 17.7. The molecule has 0 spiro atoms. The van der Waals surface area contributed by atoms with Gasteiger partial charge in [0.25, 0.3) is 0 Å². The molecule has 2 fully saturated rings. The number of hydrogen-bond acceptors (Lipinski definition) is 7. The molecule has 1 aromatic rings. The molecule has 50 heavy (non-hydrogen) atoms. The Kier molecular flexibility index (Phi) is 13.3. The van der Waals surface area contributed by atoms with Gasteiger partial charge in [0, 0.05) is 69.7 Å². The second kappa shape index (κ2) is 17.8. The number of allylic oxidation sites excluding steroid dienone is 2. The van der Waals surface area contributed by atoms with Crippen LogP contribution in [0.5, 0.6) is 0 Å². The van der Waals surface area contributed by atoms with Crippen molar-refractivity contribution in [1.29, 1.82) is 0 Å². The molecular weight excluding hydrogens is 617 g/mol. The maximum absolute atomic E-state index is 5.22. The fraction of sp³-hybridized carbons (Fsp3) is 0.524. The van der Waals surface area contributed by atoms with E-state index >= 15 is 0 Å². The molecule has 0 aromatic heterocycles. The third-order valence-electron chi connectivity index (χ3n) is 10.6. The van der Waals surface area contributed by atoms with Gasteiger partial charge in [-0.3, -0.25) is 14.9 Å². The number of aliphatic imine (C=N–C) groups is 2. The summed E-state index contributed by atoms with van der Waals surface area (Å²) in [6.45, 7) is 15.9. The first kappa shape index (κ1) is 37.4. The molecule has 2 bridgehead atoms. The fourth-order valence-corrected chi connectivity index (χ4v) is 7.98. The van der Waals surface area contributed by atoms with Crippen LogP contribution >= 0.6 is 0 Å². The summed E-state index contributed by atoms with van der Waals surface area (Å²) in [7, 11) is 8.06. The third kappa shape index (κ3) is 9.06. The van der Waals surface area contributed by atoms with E-state index in [1.807, 2.05) is 33.3 Å². The van der Waals surface area contributed by atoms with Crippen molar-refractivity contribution in [2.24, 2.45) is 21.8 Å². The predicted molar refractivity (Wildman–Crippen MR) is 213 cm³/mol. The first-order valence-corrected chi connectivity index (χ1v) is 18.6. The van der Waals surface area contributed by atoms with Crippen LogP contribution in [-0.4, -0.2) is 101 Å². The molecule has 0 amide bonds. The van der Waals surface area contributed by atoms with E-state index in [9.17, 15) is 0 Å². The van der Waals surface area contributed by atoms with Gasteiger partial charge >= 0.3 is 0 Å². The summed E-state index contributed by atoms with van der Waals surface area (Å²) in [6, 6.07) is 5.77. The van der Waals surface area contributed by atoms with Crippen LogP contribution in [0, 0.1) is 18.8 Å². The quantitative estimate of drug-likeness (QED) is 0.119. The van der Waals surface area contributed by atoms with Crippen LogP contribution in [0.15, 0.2) is 81.8 Å². The van der Waals surface area contributed by atoms with Crippen molar-refractivity contribution < 1.29 is 0 Å². The van der Waals surface area contributed by atoms with E-state index in [0.29, 0.717) is 37.0 Å². The zero-order chi connectivity index (χ0) is 35.6. The molecule has 2 heterocycles. The Bertz CT molecular complexity index is 1630. The van der Waals surface area contributed by atoms with Gasteiger partial charge in [-0.05, 0) is 111 Å². The van der Waals surface area contributed by atoms with Gasteiger partial charge in [0.2, 0.25) is 0 Å². The maximum atomic E-state index is 5.22. The molecule has 2 aliphatic heterocycles. The van der Waals surface area contributed by atoms with Crippen LogP contribution in [-0.2, 0) is 6.54 Å². The van der Waals surface area contributed by atoms with Crippen LogP contribution in [0.25, 0.3) is 11.6 Å². The van der Waals surface area contributed by atoms with Crippen LogP contribution in [0.3, 0.4) is 0 Å². The summed E-state index contributed by atoms with van der Waals surface area (Å²) >= 11 is 0. The Balaban J connectivity index is 1.31. The lowest BCUT2D eigenvalue weighted by Gasteiger charge is -2.36. The second-order valence-corrected chi connectivity index (χ2v) is 14.6. The normalized spacial score (nSPS) is 23.1. The van der Waals surface area contributed by atoms with E-state index in [1.165, 1.54) is 36.0 Å². The van der Waals surface area contributed by atoms with Crippen molar-refractivity contribution in [3.8, 4) is 0 Å². The van der Waals surface area contributed by atoms with Crippen molar-refractivity contribution in [2.75, 3.05) is 60.9 Å². The van der Waals surface area contributed by atoms with E-state index in [1.54, 1.807) is 0 Å². The molecule has 8 heteroatoms. The number of aryl methyl sites for hydroxylation is 1. The Morgan fingerprint density at radius 3 is 2.72 bits per heavy atom. The van der Waals surface area contributed by atoms with Gasteiger partial charge in [0.05, 0.1) is 18.6 Å². The number of benzene rings is 1. The molecule has 2 aliphatic carbocycles. The smallest absolute Gasteiger partial charge is 0.120 e. The summed E-state index contributed by atoms with van der Waals surface area (Å²) in [4.78, 5) is 14.9. The number of amidine groups is 2. The van der Waals surface area contributed by atoms with Crippen molar-refractivity contribution >= 4 is 23.3 Å². The minimum Gasteiger partial charge on any atom is -0.369 e. The molecular formula is C42H60N8. The lowest BCUT2D eigenvalue weighted by molar-refractivity contribution is 0.179. The fourth-order valence-electron chi connectivity index (χ4n) is 7.98. The first-order chi connectivity index (χ1) is 24.2. The number of hydrogen-bond donors (Lipinski definition) is 4. The molecule has 3 unspecified atom stereocenters. The topological polar surface area (TPSA) is 79.3 Å². The van der Waals surface area contributed by atoms with Gasteiger partial charge in [0.15, 0.2) is 0 Å². The van der Waals surface area contributed by atoms with Crippen LogP contribution in [0.1, 0.15) is 61.8 Å². The highest BCUT2D eigenvalue weighted by Gasteiger charge is 2.47. The molecule has 0 radical (unpaired) electrons. The lowest BCUT2D eigenvalue weighted by atomic mass is 9.94. The number of rotatable bonds is 14. The van der Waals surface area contributed by atoms with Gasteiger partial charge < -0.3 is 26.2 Å². The Hall–Kier alpha value is -3.90. The third-order valence-corrected chi connectivity index (χ3v) is 10.6. The molecule has 4 atom stereocenters. The van der Waals surface area contributed by atoms with Gasteiger partial charge in [0.1, 0.15) is 11.7 Å². The monoisotopic (exact) mass is 676 g/mol. The Labute approximate surface area is 301 Å². The number of nitrogens with one attached hydrogen (secondary N) is 4. The lowest BCUT2D eigenvalue weighted by Crippen LogP contribution is -2.52. The van der Waals surface area contributed by atoms with E-state index in [4.69, 9.17) is 9.98 Å². The zero-order valence-electron chi connectivity index (χ0n) is 31.6. The van der Waals surface area contributed by atoms with Crippen molar-refractivity contribution in [3.05, 3.63) is 94.1 Å². The SMILES string of the molecule is C=C(CNC)N(C)[C@@H](CC(C)C)C1=NCc2c(C)cc(C3=C=CC=C=C(CNC(=NC)C4C5CCC(C5)N4CCNC)C=C3)cc2/C=C\CN1.